The van der Waals surface area contributed by atoms with E-state index in [1.165, 1.54) is 0 Å². The van der Waals surface area contributed by atoms with Gasteiger partial charge in [0.15, 0.2) is 0 Å². The average molecular weight is 312 g/mol. The molecule has 1 aliphatic rings. The van der Waals surface area contributed by atoms with Crippen molar-refractivity contribution in [3.63, 3.8) is 0 Å². The SMILES string of the molecule is CC(C)(C)NCc1c(Cl)cccc1OC1CCCCC1O. The molecule has 1 aliphatic carbocycles. The zero-order valence-corrected chi connectivity index (χ0v) is 13.9. The van der Waals surface area contributed by atoms with Crippen molar-refractivity contribution in [1.29, 1.82) is 0 Å². The van der Waals surface area contributed by atoms with Crippen molar-refractivity contribution >= 4 is 11.6 Å². The number of hydrogen-bond acceptors (Lipinski definition) is 3. The first-order valence-electron chi connectivity index (χ1n) is 7.74. The van der Waals surface area contributed by atoms with Gasteiger partial charge in [-0.3, -0.25) is 0 Å². The van der Waals surface area contributed by atoms with Crippen LogP contribution in [0.1, 0.15) is 52.0 Å². The third kappa shape index (κ3) is 4.87. The number of aliphatic hydroxyl groups is 1. The smallest absolute Gasteiger partial charge is 0.125 e. The van der Waals surface area contributed by atoms with Gasteiger partial charge in [-0.25, -0.2) is 0 Å². The largest absolute Gasteiger partial charge is 0.487 e. The summed E-state index contributed by atoms with van der Waals surface area (Å²) in [7, 11) is 0. The van der Waals surface area contributed by atoms with Gasteiger partial charge in [-0.2, -0.15) is 0 Å². The maximum atomic E-state index is 10.1. The molecule has 1 aromatic carbocycles. The molecule has 2 unspecified atom stereocenters. The number of halogens is 1. The van der Waals surface area contributed by atoms with Crippen molar-refractivity contribution in [2.75, 3.05) is 0 Å². The molecular weight excluding hydrogens is 286 g/mol. The second-order valence-electron chi connectivity index (χ2n) is 6.83. The Labute approximate surface area is 132 Å². The fourth-order valence-corrected chi connectivity index (χ4v) is 2.78. The van der Waals surface area contributed by atoms with Gasteiger partial charge < -0.3 is 15.2 Å². The number of nitrogens with one attached hydrogen (secondary N) is 1. The zero-order chi connectivity index (χ0) is 15.5. The van der Waals surface area contributed by atoms with Gasteiger partial charge in [-0.05, 0) is 52.2 Å². The minimum absolute atomic E-state index is 0.0147. The second-order valence-corrected chi connectivity index (χ2v) is 7.24. The number of hydrogen-bond donors (Lipinski definition) is 2. The van der Waals surface area contributed by atoms with Crippen LogP contribution < -0.4 is 10.1 Å². The fourth-order valence-electron chi connectivity index (χ4n) is 2.55. The van der Waals surface area contributed by atoms with Crippen LogP contribution in [0.2, 0.25) is 5.02 Å². The summed E-state index contributed by atoms with van der Waals surface area (Å²) in [5, 5.41) is 14.2. The summed E-state index contributed by atoms with van der Waals surface area (Å²) >= 11 is 6.33. The van der Waals surface area contributed by atoms with Crippen LogP contribution in [-0.4, -0.2) is 22.9 Å². The molecule has 1 fully saturated rings. The van der Waals surface area contributed by atoms with E-state index >= 15 is 0 Å². The Bertz CT molecular complexity index is 470. The molecule has 0 aromatic heterocycles. The summed E-state index contributed by atoms with van der Waals surface area (Å²) in [6.45, 7) is 7.01. The average Bonchev–Trinajstić information content (AvgIpc) is 2.39. The first-order valence-corrected chi connectivity index (χ1v) is 8.12. The molecule has 0 amide bonds. The van der Waals surface area contributed by atoms with Crippen LogP contribution in [-0.2, 0) is 6.54 Å². The summed E-state index contributed by atoms with van der Waals surface area (Å²) in [5.41, 5.74) is 0.979. The van der Waals surface area contributed by atoms with E-state index in [1.54, 1.807) is 0 Å². The fraction of sp³-hybridized carbons (Fsp3) is 0.647. The quantitative estimate of drug-likeness (QED) is 0.886. The first kappa shape index (κ1) is 16.6. The van der Waals surface area contributed by atoms with E-state index in [0.717, 1.165) is 37.0 Å². The number of benzene rings is 1. The van der Waals surface area contributed by atoms with E-state index in [-0.39, 0.29) is 17.7 Å². The Balaban J connectivity index is 2.13. The van der Waals surface area contributed by atoms with Crippen molar-refractivity contribution in [1.82, 2.24) is 5.32 Å². The summed E-state index contributed by atoms with van der Waals surface area (Å²) in [6, 6.07) is 5.71. The van der Waals surface area contributed by atoms with Crippen molar-refractivity contribution < 1.29 is 9.84 Å². The molecule has 21 heavy (non-hydrogen) atoms. The lowest BCUT2D eigenvalue weighted by Gasteiger charge is -2.29. The second kappa shape index (κ2) is 6.99. The molecule has 0 aliphatic heterocycles. The Hall–Kier alpha value is -0.770. The normalized spacial score (nSPS) is 23.1. The van der Waals surface area contributed by atoms with Gasteiger partial charge >= 0.3 is 0 Å². The lowest BCUT2D eigenvalue weighted by Crippen LogP contribution is -2.36. The Morgan fingerprint density at radius 3 is 2.67 bits per heavy atom. The Morgan fingerprint density at radius 1 is 1.29 bits per heavy atom. The van der Waals surface area contributed by atoms with Crippen molar-refractivity contribution in [2.24, 2.45) is 0 Å². The predicted molar refractivity (Wildman–Crippen MR) is 86.9 cm³/mol. The van der Waals surface area contributed by atoms with Crippen LogP contribution in [0.5, 0.6) is 5.75 Å². The molecule has 0 heterocycles. The molecule has 4 heteroatoms. The zero-order valence-electron chi connectivity index (χ0n) is 13.2. The van der Waals surface area contributed by atoms with E-state index in [0.29, 0.717) is 11.6 Å². The van der Waals surface area contributed by atoms with Gasteiger partial charge in [-0.15, -0.1) is 0 Å². The standard InChI is InChI=1S/C17H26ClNO2/c1-17(2,3)19-11-12-13(18)7-6-10-15(12)21-16-9-5-4-8-14(16)20/h6-7,10,14,16,19-20H,4-5,8-9,11H2,1-3H3. The monoisotopic (exact) mass is 311 g/mol. The third-order valence-electron chi connectivity index (χ3n) is 3.82. The van der Waals surface area contributed by atoms with Gasteiger partial charge in [0.25, 0.3) is 0 Å². The van der Waals surface area contributed by atoms with Crippen LogP contribution in [0, 0.1) is 0 Å². The van der Waals surface area contributed by atoms with E-state index < -0.39 is 0 Å². The van der Waals surface area contributed by atoms with Crippen molar-refractivity contribution in [3.8, 4) is 5.75 Å². The summed E-state index contributed by atoms with van der Waals surface area (Å²) in [4.78, 5) is 0. The number of aliphatic hydroxyl groups excluding tert-OH is 1. The van der Waals surface area contributed by atoms with Crippen LogP contribution in [0.3, 0.4) is 0 Å². The van der Waals surface area contributed by atoms with Gasteiger partial charge in [0.1, 0.15) is 11.9 Å². The van der Waals surface area contributed by atoms with E-state index in [1.807, 2.05) is 18.2 Å². The minimum atomic E-state index is -0.374. The van der Waals surface area contributed by atoms with E-state index in [2.05, 4.69) is 26.1 Å². The van der Waals surface area contributed by atoms with Crippen LogP contribution in [0.4, 0.5) is 0 Å². The maximum absolute atomic E-state index is 10.1. The molecule has 2 atom stereocenters. The topological polar surface area (TPSA) is 41.5 Å². The minimum Gasteiger partial charge on any atom is -0.487 e. The highest BCUT2D eigenvalue weighted by Crippen LogP contribution is 2.30. The Kier molecular flexibility index (Phi) is 5.53. The maximum Gasteiger partial charge on any atom is 0.125 e. The van der Waals surface area contributed by atoms with E-state index in [9.17, 15) is 5.11 Å². The molecule has 2 N–H and O–H groups in total. The lowest BCUT2D eigenvalue weighted by atomic mass is 9.95. The molecule has 118 valence electrons. The molecule has 0 saturated heterocycles. The number of rotatable bonds is 4. The van der Waals surface area contributed by atoms with Crippen molar-refractivity contribution in [3.05, 3.63) is 28.8 Å². The summed E-state index contributed by atoms with van der Waals surface area (Å²) in [6.07, 6.45) is 3.42. The van der Waals surface area contributed by atoms with Gasteiger partial charge in [0.2, 0.25) is 0 Å². The molecular formula is C17H26ClNO2. The molecule has 0 spiro atoms. The highest BCUT2D eigenvalue weighted by Gasteiger charge is 2.26. The number of ether oxygens (including phenoxy) is 1. The molecule has 0 radical (unpaired) electrons. The highest BCUT2D eigenvalue weighted by atomic mass is 35.5. The first-order chi connectivity index (χ1) is 9.87. The molecule has 1 saturated carbocycles. The van der Waals surface area contributed by atoms with Crippen LogP contribution >= 0.6 is 11.6 Å². The summed E-state index contributed by atoms with van der Waals surface area (Å²) < 4.78 is 6.07. The Morgan fingerprint density at radius 2 is 2.00 bits per heavy atom. The van der Waals surface area contributed by atoms with E-state index in [4.69, 9.17) is 16.3 Å². The molecule has 0 bridgehead atoms. The van der Waals surface area contributed by atoms with Crippen LogP contribution in [0.25, 0.3) is 0 Å². The predicted octanol–water partition coefficient (Wildman–Crippen LogP) is 3.91. The van der Waals surface area contributed by atoms with Crippen molar-refractivity contribution in [2.45, 2.75) is 70.7 Å². The third-order valence-corrected chi connectivity index (χ3v) is 4.17. The van der Waals surface area contributed by atoms with Gasteiger partial charge in [0.05, 0.1) is 6.10 Å². The molecule has 1 aromatic rings. The highest BCUT2D eigenvalue weighted by molar-refractivity contribution is 6.31. The van der Waals surface area contributed by atoms with Crippen LogP contribution in [0.15, 0.2) is 18.2 Å². The summed E-state index contributed by atoms with van der Waals surface area (Å²) in [5.74, 6) is 0.783. The molecule has 2 rings (SSSR count). The van der Waals surface area contributed by atoms with Gasteiger partial charge in [0, 0.05) is 22.7 Å². The van der Waals surface area contributed by atoms with Gasteiger partial charge in [-0.1, -0.05) is 24.1 Å². The molecule has 3 nitrogen and oxygen atoms in total. The lowest BCUT2D eigenvalue weighted by molar-refractivity contribution is 0.00632.